The van der Waals surface area contributed by atoms with E-state index in [2.05, 4.69) is 12.1 Å². The van der Waals surface area contributed by atoms with E-state index in [9.17, 15) is 9.90 Å². The smallest absolute Gasteiger partial charge is 0.254 e. The summed E-state index contributed by atoms with van der Waals surface area (Å²) >= 11 is 0. The van der Waals surface area contributed by atoms with Crippen molar-refractivity contribution in [2.45, 2.75) is 64.0 Å². The van der Waals surface area contributed by atoms with Crippen LogP contribution in [0.1, 0.15) is 60.5 Å². The van der Waals surface area contributed by atoms with Crippen LogP contribution in [0, 0.1) is 0 Å². The highest BCUT2D eigenvalue weighted by Crippen LogP contribution is 2.25. The molecule has 1 aliphatic heterocycles. The van der Waals surface area contributed by atoms with Gasteiger partial charge in [-0.05, 0) is 75.1 Å². The van der Waals surface area contributed by atoms with Crippen molar-refractivity contribution in [1.29, 1.82) is 0 Å². The molecule has 1 amide bonds. The predicted molar refractivity (Wildman–Crippen MR) is 83.4 cm³/mol. The van der Waals surface area contributed by atoms with Crippen molar-refractivity contribution in [3.05, 3.63) is 34.9 Å². The highest BCUT2D eigenvalue weighted by molar-refractivity contribution is 5.94. The Morgan fingerprint density at radius 3 is 2.71 bits per heavy atom. The highest BCUT2D eigenvalue weighted by Gasteiger charge is 2.30. The van der Waals surface area contributed by atoms with Gasteiger partial charge < -0.3 is 10.0 Å². The Balaban J connectivity index is 1.83. The number of carbonyl (C=O) groups is 1. The number of aliphatic hydroxyl groups excluding tert-OH is 1. The van der Waals surface area contributed by atoms with Gasteiger partial charge in [0.1, 0.15) is 0 Å². The molecule has 2 aliphatic rings. The first-order valence-corrected chi connectivity index (χ1v) is 8.27. The normalized spacial score (nSPS) is 23.5. The van der Waals surface area contributed by atoms with Crippen LogP contribution < -0.4 is 0 Å². The molecule has 0 aromatic heterocycles. The number of hydrogen-bond donors (Lipinski definition) is 1. The summed E-state index contributed by atoms with van der Waals surface area (Å²) in [6.45, 7) is 2.56. The van der Waals surface area contributed by atoms with E-state index in [1.807, 2.05) is 11.0 Å². The van der Waals surface area contributed by atoms with Crippen molar-refractivity contribution in [3.63, 3.8) is 0 Å². The molecule has 1 fully saturated rings. The van der Waals surface area contributed by atoms with Gasteiger partial charge in [0.2, 0.25) is 0 Å². The van der Waals surface area contributed by atoms with E-state index in [0.717, 1.165) is 44.2 Å². The van der Waals surface area contributed by atoms with Gasteiger partial charge in [0, 0.05) is 12.1 Å². The zero-order chi connectivity index (χ0) is 14.8. The molecule has 0 spiro atoms. The average Bonchev–Trinajstić information content (AvgIpc) is 2.53. The van der Waals surface area contributed by atoms with Crippen LogP contribution in [-0.4, -0.2) is 34.6 Å². The molecule has 1 saturated heterocycles. The number of hydrogen-bond acceptors (Lipinski definition) is 2. The Morgan fingerprint density at radius 2 is 1.95 bits per heavy atom. The fraction of sp³-hybridized carbons (Fsp3) is 0.611. The Morgan fingerprint density at radius 1 is 1.19 bits per heavy atom. The largest absolute Gasteiger partial charge is 0.391 e. The van der Waals surface area contributed by atoms with Crippen molar-refractivity contribution < 1.29 is 9.90 Å². The minimum Gasteiger partial charge on any atom is -0.391 e. The van der Waals surface area contributed by atoms with Gasteiger partial charge in [0.25, 0.3) is 5.91 Å². The summed E-state index contributed by atoms with van der Waals surface area (Å²) in [5.41, 5.74) is 3.55. The molecule has 3 rings (SSSR count). The molecule has 0 saturated carbocycles. The maximum Gasteiger partial charge on any atom is 0.254 e. The van der Waals surface area contributed by atoms with Gasteiger partial charge in [0.15, 0.2) is 0 Å². The third-order valence-corrected chi connectivity index (χ3v) is 4.96. The number of aryl methyl sites for hydroxylation is 2. The summed E-state index contributed by atoms with van der Waals surface area (Å²) in [5, 5.41) is 9.94. The number of benzene rings is 1. The van der Waals surface area contributed by atoms with Gasteiger partial charge in [-0.2, -0.15) is 0 Å². The maximum absolute atomic E-state index is 12.8. The van der Waals surface area contributed by atoms with Gasteiger partial charge in [0.05, 0.1) is 12.1 Å². The fourth-order valence-corrected chi connectivity index (χ4v) is 3.74. The van der Waals surface area contributed by atoms with E-state index in [-0.39, 0.29) is 11.9 Å². The molecule has 1 aromatic carbocycles. The second-order valence-electron chi connectivity index (χ2n) is 6.49. The number of fused-ring (bicyclic) bond motifs is 1. The van der Waals surface area contributed by atoms with Crippen LogP contribution in [0.15, 0.2) is 18.2 Å². The predicted octanol–water partition coefficient (Wildman–Crippen LogP) is 2.94. The lowest BCUT2D eigenvalue weighted by molar-refractivity contribution is 0.0281. The van der Waals surface area contributed by atoms with Crippen LogP contribution in [0.4, 0.5) is 0 Å². The number of likely N-dealkylation sites (tertiary alicyclic amines) is 1. The van der Waals surface area contributed by atoms with Crippen molar-refractivity contribution in [3.8, 4) is 0 Å². The van der Waals surface area contributed by atoms with Gasteiger partial charge in [-0.15, -0.1) is 0 Å². The first kappa shape index (κ1) is 14.6. The van der Waals surface area contributed by atoms with Crippen LogP contribution in [0.25, 0.3) is 0 Å². The summed E-state index contributed by atoms with van der Waals surface area (Å²) in [6.07, 6.45) is 7.32. The fourth-order valence-electron chi connectivity index (χ4n) is 3.74. The molecule has 114 valence electrons. The van der Waals surface area contributed by atoms with Crippen molar-refractivity contribution >= 4 is 5.91 Å². The lowest BCUT2D eigenvalue weighted by Crippen LogP contribution is -2.48. The Bertz CT molecular complexity index is 524. The van der Waals surface area contributed by atoms with Crippen molar-refractivity contribution in [1.82, 2.24) is 4.90 Å². The number of piperidine rings is 1. The third-order valence-electron chi connectivity index (χ3n) is 4.96. The van der Waals surface area contributed by atoms with E-state index in [1.54, 1.807) is 6.92 Å². The number of amides is 1. The van der Waals surface area contributed by atoms with E-state index in [0.29, 0.717) is 0 Å². The summed E-state index contributed by atoms with van der Waals surface area (Å²) in [4.78, 5) is 14.7. The summed E-state index contributed by atoms with van der Waals surface area (Å²) < 4.78 is 0. The van der Waals surface area contributed by atoms with Crippen molar-refractivity contribution in [2.75, 3.05) is 6.54 Å². The van der Waals surface area contributed by atoms with Crippen molar-refractivity contribution in [2.24, 2.45) is 0 Å². The van der Waals surface area contributed by atoms with Crippen LogP contribution in [0.2, 0.25) is 0 Å². The number of carbonyl (C=O) groups excluding carboxylic acids is 1. The first-order valence-electron chi connectivity index (χ1n) is 8.27. The molecule has 0 radical (unpaired) electrons. The van der Waals surface area contributed by atoms with Gasteiger partial charge in [-0.1, -0.05) is 6.07 Å². The first-order chi connectivity index (χ1) is 10.2. The second kappa shape index (κ2) is 6.18. The number of rotatable bonds is 2. The summed E-state index contributed by atoms with van der Waals surface area (Å²) in [6, 6.07) is 6.16. The third kappa shape index (κ3) is 2.98. The molecule has 3 heteroatoms. The van der Waals surface area contributed by atoms with Crippen LogP contribution >= 0.6 is 0 Å². The molecule has 2 atom stereocenters. The van der Waals surface area contributed by atoms with Crippen LogP contribution in [0.3, 0.4) is 0 Å². The Kier molecular flexibility index (Phi) is 4.29. The molecule has 21 heavy (non-hydrogen) atoms. The second-order valence-corrected chi connectivity index (χ2v) is 6.49. The average molecular weight is 287 g/mol. The topological polar surface area (TPSA) is 40.5 Å². The molecule has 1 aromatic rings. The zero-order valence-electron chi connectivity index (χ0n) is 12.8. The molecular formula is C18H25NO2. The Hall–Kier alpha value is -1.35. The zero-order valence-corrected chi connectivity index (χ0v) is 12.8. The molecule has 0 bridgehead atoms. The molecule has 1 aliphatic carbocycles. The summed E-state index contributed by atoms with van der Waals surface area (Å²) in [7, 11) is 0. The molecule has 1 heterocycles. The van der Waals surface area contributed by atoms with Crippen LogP contribution in [-0.2, 0) is 12.8 Å². The van der Waals surface area contributed by atoms with E-state index in [1.165, 1.54) is 24.0 Å². The van der Waals surface area contributed by atoms with Gasteiger partial charge >= 0.3 is 0 Å². The standard InChI is InChI=1S/C18H25NO2/c1-13(20)17-8-4-5-11-19(17)18(21)16-10-9-14-6-2-3-7-15(14)12-16/h9-10,12-13,17,20H,2-8,11H2,1H3. The molecule has 3 nitrogen and oxygen atoms in total. The lowest BCUT2D eigenvalue weighted by Gasteiger charge is -2.37. The van der Waals surface area contributed by atoms with E-state index in [4.69, 9.17) is 0 Å². The SMILES string of the molecule is CC(O)C1CCCCN1C(=O)c1ccc2c(c1)CCCC2. The number of aliphatic hydroxyl groups is 1. The number of nitrogens with zero attached hydrogens (tertiary/aromatic N) is 1. The Labute approximate surface area is 127 Å². The molecule has 1 N–H and O–H groups in total. The lowest BCUT2D eigenvalue weighted by atomic mass is 9.89. The molecule has 2 unspecified atom stereocenters. The summed E-state index contributed by atoms with van der Waals surface area (Å²) in [5.74, 6) is 0.0916. The van der Waals surface area contributed by atoms with E-state index < -0.39 is 6.10 Å². The van der Waals surface area contributed by atoms with Crippen LogP contribution in [0.5, 0.6) is 0 Å². The minimum atomic E-state index is -0.452. The van der Waals surface area contributed by atoms with Gasteiger partial charge in [-0.3, -0.25) is 4.79 Å². The van der Waals surface area contributed by atoms with E-state index >= 15 is 0 Å². The quantitative estimate of drug-likeness (QED) is 0.908. The highest BCUT2D eigenvalue weighted by atomic mass is 16.3. The van der Waals surface area contributed by atoms with Gasteiger partial charge in [-0.25, -0.2) is 0 Å². The monoisotopic (exact) mass is 287 g/mol. The minimum absolute atomic E-state index is 0.0257. The maximum atomic E-state index is 12.8. The molecular weight excluding hydrogens is 262 g/mol.